The van der Waals surface area contributed by atoms with Gasteiger partial charge in [0.25, 0.3) is 16.8 Å². The standard InChI is InChI=1S/C22H23FN6O4S2/c1-14-19(34-13-24-14)11-27-18-4-3-16(29(35(32)33)22(12-23)5-6-22)7-17(18)20(30)28(21(27)31)10-15-8-25-26(2)9-15/h3-4,7-9,13H,5-6,10-12H2,1-2H3,(H,32,33). The highest BCUT2D eigenvalue weighted by molar-refractivity contribution is 7.80. The second-order valence-corrected chi connectivity index (χ2v) is 10.5. The Morgan fingerprint density at radius 2 is 2.03 bits per heavy atom. The van der Waals surface area contributed by atoms with E-state index in [2.05, 4.69) is 10.1 Å². The molecule has 184 valence electrons. The second kappa shape index (κ2) is 8.81. The fourth-order valence-corrected chi connectivity index (χ4v) is 5.87. The Bertz CT molecular complexity index is 1570. The number of aromatic nitrogens is 5. The smallest absolute Gasteiger partial charge is 0.289 e. The third-order valence-corrected chi connectivity index (χ3v) is 8.18. The first-order valence-corrected chi connectivity index (χ1v) is 12.8. The van der Waals surface area contributed by atoms with Crippen LogP contribution in [0.3, 0.4) is 0 Å². The molecule has 1 aliphatic rings. The molecule has 1 aromatic carbocycles. The second-order valence-electron chi connectivity index (χ2n) is 8.73. The fraction of sp³-hybridized carbons (Fsp3) is 0.364. The predicted octanol–water partition coefficient (Wildman–Crippen LogP) is 2.20. The Hall–Kier alpha value is -3.16. The van der Waals surface area contributed by atoms with E-state index in [1.807, 2.05) is 6.92 Å². The van der Waals surface area contributed by atoms with E-state index >= 15 is 0 Å². The summed E-state index contributed by atoms with van der Waals surface area (Å²) in [6.45, 7) is 1.29. The van der Waals surface area contributed by atoms with Crippen molar-refractivity contribution < 1.29 is 13.2 Å². The maximum Gasteiger partial charge on any atom is 0.332 e. The molecular formula is C22H23FN6O4S2. The van der Waals surface area contributed by atoms with Gasteiger partial charge in [-0.1, -0.05) is 0 Å². The third-order valence-electron chi connectivity index (χ3n) is 6.35. The van der Waals surface area contributed by atoms with Crippen LogP contribution in [-0.4, -0.2) is 44.9 Å². The van der Waals surface area contributed by atoms with Gasteiger partial charge in [0, 0.05) is 23.7 Å². The molecule has 10 nitrogen and oxygen atoms in total. The van der Waals surface area contributed by atoms with E-state index in [4.69, 9.17) is 0 Å². The highest BCUT2D eigenvalue weighted by atomic mass is 32.2. The van der Waals surface area contributed by atoms with E-state index < -0.39 is 34.7 Å². The number of rotatable bonds is 8. The van der Waals surface area contributed by atoms with Gasteiger partial charge < -0.3 is 0 Å². The highest BCUT2D eigenvalue weighted by Crippen LogP contribution is 2.45. The molecular weight excluding hydrogens is 495 g/mol. The van der Waals surface area contributed by atoms with Gasteiger partial charge in [0.15, 0.2) is 0 Å². The zero-order chi connectivity index (χ0) is 24.9. The summed E-state index contributed by atoms with van der Waals surface area (Å²) in [5.74, 6) is 0. The quantitative estimate of drug-likeness (QED) is 0.358. The lowest BCUT2D eigenvalue weighted by Gasteiger charge is -2.28. The molecule has 0 aliphatic heterocycles. The lowest BCUT2D eigenvalue weighted by atomic mass is 10.1. The molecule has 4 aromatic rings. The minimum atomic E-state index is -2.49. The molecule has 1 aliphatic carbocycles. The molecule has 0 spiro atoms. The van der Waals surface area contributed by atoms with Crippen molar-refractivity contribution in [2.75, 3.05) is 11.0 Å². The molecule has 35 heavy (non-hydrogen) atoms. The first-order chi connectivity index (χ1) is 16.7. The van der Waals surface area contributed by atoms with Crippen LogP contribution in [0, 0.1) is 6.92 Å². The Morgan fingerprint density at radius 1 is 1.26 bits per heavy atom. The van der Waals surface area contributed by atoms with Crippen molar-refractivity contribution in [2.45, 2.75) is 38.4 Å². The van der Waals surface area contributed by atoms with Crippen molar-refractivity contribution in [3.05, 3.63) is 73.1 Å². The SMILES string of the molecule is Cc1ncsc1Cn1c(=O)n(Cc2cnn(C)c2)c(=O)c2cc(N(S(=O)O)C3(CF)CC3)ccc21. The van der Waals surface area contributed by atoms with Crippen LogP contribution in [0.2, 0.25) is 0 Å². The van der Waals surface area contributed by atoms with Crippen LogP contribution < -0.4 is 15.6 Å². The van der Waals surface area contributed by atoms with E-state index in [0.717, 1.165) is 19.4 Å². The molecule has 0 radical (unpaired) electrons. The summed E-state index contributed by atoms with van der Waals surface area (Å²) in [6.07, 6.45) is 4.17. The van der Waals surface area contributed by atoms with Gasteiger partial charge >= 0.3 is 5.69 Å². The number of hydrogen-bond acceptors (Lipinski definition) is 6. The van der Waals surface area contributed by atoms with Crippen molar-refractivity contribution in [2.24, 2.45) is 7.05 Å². The number of alkyl halides is 1. The number of benzene rings is 1. The van der Waals surface area contributed by atoms with E-state index in [0.29, 0.717) is 23.9 Å². The maximum absolute atomic E-state index is 13.8. The van der Waals surface area contributed by atoms with E-state index in [1.165, 1.54) is 22.0 Å². The van der Waals surface area contributed by atoms with Crippen LogP contribution in [0.5, 0.6) is 0 Å². The zero-order valence-electron chi connectivity index (χ0n) is 19.0. The molecule has 3 aromatic heterocycles. The number of hydrogen-bond donors (Lipinski definition) is 1. The molecule has 1 saturated carbocycles. The Morgan fingerprint density at radius 3 is 2.60 bits per heavy atom. The number of anilines is 1. The molecule has 1 fully saturated rings. The number of fused-ring (bicyclic) bond motifs is 1. The summed E-state index contributed by atoms with van der Waals surface area (Å²) in [5, 5.41) is 4.30. The van der Waals surface area contributed by atoms with Crippen LogP contribution in [0.15, 0.2) is 45.7 Å². The lowest BCUT2D eigenvalue weighted by molar-refractivity contribution is 0.413. The Balaban J connectivity index is 1.73. The molecule has 0 bridgehead atoms. The van der Waals surface area contributed by atoms with Crippen LogP contribution in [0.1, 0.15) is 29.0 Å². The van der Waals surface area contributed by atoms with Crippen LogP contribution >= 0.6 is 11.3 Å². The Kier molecular flexibility index (Phi) is 5.93. The molecule has 3 heterocycles. The van der Waals surface area contributed by atoms with Gasteiger partial charge in [0.2, 0.25) is 0 Å². The van der Waals surface area contributed by atoms with Gasteiger partial charge in [-0.25, -0.2) is 18.4 Å². The molecule has 5 rings (SSSR count). The summed E-state index contributed by atoms with van der Waals surface area (Å²) in [5.41, 5.74) is 1.70. The number of aryl methyl sites for hydroxylation is 2. The first kappa shape index (κ1) is 23.6. The number of nitrogens with zero attached hydrogens (tertiary/aromatic N) is 6. The van der Waals surface area contributed by atoms with Gasteiger partial charge in [-0.3, -0.25) is 27.5 Å². The molecule has 1 N–H and O–H groups in total. The number of halogens is 1. The van der Waals surface area contributed by atoms with Crippen molar-refractivity contribution in [3.63, 3.8) is 0 Å². The molecule has 1 atom stereocenters. The number of thiazole rings is 1. The summed E-state index contributed by atoms with van der Waals surface area (Å²) in [6, 6.07) is 4.59. The maximum atomic E-state index is 13.8. The molecule has 0 saturated heterocycles. The fourth-order valence-electron chi connectivity index (χ4n) is 4.25. The molecule has 13 heteroatoms. The van der Waals surface area contributed by atoms with Crippen LogP contribution in [0.25, 0.3) is 10.9 Å². The van der Waals surface area contributed by atoms with Crippen LogP contribution in [-0.2, 0) is 31.4 Å². The lowest BCUT2D eigenvalue weighted by Crippen LogP contribution is -2.42. The monoisotopic (exact) mass is 518 g/mol. The van der Waals surface area contributed by atoms with Gasteiger partial charge in [0.05, 0.1) is 52.6 Å². The highest BCUT2D eigenvalue weighted by Gasteiger charge is 2.51. The van der Waals surface area contributed by atoms with E-state index in [9.17, 15) is 22.7 Å². The van der Waals surface area contributed by atoms with Crippen molar-refractivity contribution in [1.29, 1.82) is 0 Å². The summed E-state index contributed by atoms with van der Waals surface area (Å²) in [7, 11) is 1.74. The van der Waals surface area contributed by atoms with Crippen molar-refractivity contribution in [3.8, 4) is 0 Å². The van der Waals surface area contributed by atoms with Gasteiger partial charge in [-0.15, -0.1) is 11.3 Å². The minimum Gasteiger partial charge on any atom is -0.289 e. The molecule has 0 amide bonds. The molecule has 1 unspecified atom stereocenters. The van der Waals surface area contributed by atoms with Gasteiger partial charge in [-0.05, 0) is 38.0 Å². The van der Waals surface area contributed by atoms with Gasteiger partial charge in [0.1, 0.15) is 6.67 Å². The minimum absolute atomic E-state index is 0.0113. The van der Waals surface area contributed by atoms with Gasteiger partial charge in [-0.2, -0.15) is 5.10 Å². The third kappa shape index (κ3) is 4.13. The predicted molar refractivity (Wildman–Crippen MR) is 132 cm³/mol. The normalized spacial score (nSPS) is 15.4. The van der Waals surface area contributed by atoms with Crippen molar-refractivity contribution in [1.82, 2.24) is 23.9 Å². The summed E-state index contributed by atoms with van der Waals surface area (Å²) < 4.78 is 41.2. The largest absolute Gasteiger partial charge is 0.332 e. The Labute approximate surface area is 205 Å². The van der Waals surface area contributed by atoms with Crippen molar-refractivity contribution >= 4 is 39.2 Å². The first-order valence-electron chi connectivity index (χ1n) is 10.8. The summed E-state index contributed by atoms with van der Waals surface area (Å²) >= 11 is -1.07. The van der Waals surface area contributed by atoms with E-state index in [-0.39, 0.29) is 24.2 Å². The average molecular weight is 519 g/mol. The summed E-state index contributed by atoms with van der Waals surface area (Å²) in [4.78, 5) is 32.2. The average Bonchev–Trinajstić information content (AvgIpc) is 3.33. The zero-order valence-corrected chi connectivity index (χ0v) is 20.7. The van der Waals surface area contributed by atoms with E-state index in [1.54, 1.807) is 41.8 Å². The topological polar surface area (TPSA) is 115 Å². The van der Waals surface area contributed by atoms with Crippen LogP contribution in [0.4, 0.5) is 10.1 Å².